The van der Waals surface area contributed by atoms with Crippen LogP contribution in [0.1, 0.15) is 94.2 Å². The minimum absolute atomic E-state index is 0.422. The molecule has 0 saturated carbocycles. The third kappa shape index (κ3) is 13.4. The van der Waals surface area contributed by atoms with E-state index in [1.807, 2.05) is 48.5 Å². The second-order valence-electron chi connectivity index (χ2n) is 14.3. The van der Waals surface area contributed by atoms with Crippen LogP contribution in [0.5, 0.6) is 0 Å². The third-order valence-electron chi connectivity index (χ3n) is 5.55. The lowest BCUT2D eigenvalue weighted by molar-refractivity contribution is 0.591. The Bertz CT molecular complexity index is 1590. The first-order valence-electron chi connectivity index (χ1n) is 16.7. The molecule has 2 aliphatic heterocycles. The molecule has 0 radical (unpaired) electrons. The molecule has 0 amide bonds. The standard InChI is InChI=1S/C13H10O2S.C12H8O2S.4C4H10/c14-16(15)12-7-3-1-5-10(12)9-11-6-2-4-8-13(11)16;13-15(14)11-7-3-1-5-9(11)10-6-2-4-8-12(10)15;4*1-4(2)3/h1-8H,9H2;1-8H;4*4H,1-3H3. The first kappa shape index (κ1) is 41.8. The maximum absolute atomic E-state index is 12.3. The predicted molar refractivity (Wildman–Crippen MR) is 201 cm³/mol. The number of rotatable bonds is 0. The van der Waals surface area contributed by atoms with Gasteiger partial charge in [-0.15, -0.1) is 0 Å². The molecule has 0 unspecified atom stereocenters. The van der Waals surface area contributed by atoms with E-state index < -0.39 is 19.7 Å². The molecule has 0 spiro atoms. The minimum atomic E-state index is -3.30. The van der Waals surface area contributed by atoms with Gasteiger partial charge >= 0.3 is 0 Å². The van der Waals surface area contributed by atoms with Crippen molar-refractivity contribution < 1.29 is 16.8 Å². The molecule has 2 heterocycles. The summed E-state index contributed by atoms with van der Waals surface area (Å²) in [6.45, 7) is 26.0. The maximum Gasteiger partial charge on any atom is 0.207 e. The van der Waals surface area contributed by atoms with E-state index in [0.717, 1.165) is 45.9 Å². The van der Waals surface area contributed by atoms with Gasteiger partial charge in [0.05, 0.1) is 19.6 Å². The van der Waals surface area contributed by atoms with Crippen LogP contribution in [0.4, 0.5) is 0 Å². The fourth-order valence-corrected chi connectivity index (χ4v) is 7.52. The van der Waals surface area contributed by atoms with Crippen molar-refractivity contribution in [1.82, 2.24) is 0 Å². The highest BCUT2D eigenvalue weighted by atomic mass is 32.2. The van der Waals surface area contributed by atoms with E-state index in [9.17, 15) is 16.8 Å². The molecule has 0 aliphatic carbocycles. The van der Waals surface area contributed by atoms with Gasteiger partial charge in [0, 0.05) is 17.5 Å². The Morgan fingerprint density at radius 1 is 0.362 bits per heavy atom. The Labute approximate surface area is 287 Å². The molecule has 0 atom stereocenters. The SMILES string of the molecule is CC(C)C.CC(C)C.CC(C)C.CC(C)C.O=S1(=O)c2ccccc2-c2ccccc21.O=S1(=O)c2ccccc2Cc2ccccc21. The zero-order chi connectivity index (χ0) is 35.9. The highest BCUT2D eigenvalue weighted by molar-refractivity contribution is 7.92. The van der Waals surface area contributed by atoms with Gasteiger partial charge in [0.2, 0.25) is 19.7 Å². The zero-order valence-corrected chi connectivity index (χ0v) is 32.3. The molecule has 47 heavy (non-hydrogen) atoms. The van der Waals surface area contributed by atoms with Gasteiger partial charge in [-0.25, -0.2) is 16.8 Å². The van der Waals surface area contributed by atoms with E-state index in [1.165, 1.54) is 0 Å². The lowest BCUT2D eigenvalue weighted by atomic mass is 10.0. The molecule has 4 aromatic carbocycles. The molecule has 0 bridgehead atoms. The first-order valence-corrected chi connectivity index (χ1v) is 19.6. The van der Waals surface area contributed by atoms with Crippen molar-refractivity contribution in [3.8, 4) is 11.1 Å². The largest absolute Gasteiger partial charge is 0.218 e. The number of hydrogen-bond donors (Lipinski definition) is 0. The van der Waals surface area contributed by atoms with Crippen molar-refractivity contribution in [1.29, 1.82) is 0 Å². The molecular weight excluding hydrogens is 621 g/mol. The normalized spacial score (nSPS) is 13.6. The molecule has 258 valence electrons. The van der Waals surface area contributed by atoms with Gasteiger partial charge < -0.3 is 0 Å². The van der Waals surface area contributed by atoms with Gasteiger partial charge in [0.25, 0.3) is 0 Å². The Morgan fingerprint density at radius 3 is 0.872 bits per heavy atom. The van der Waals surface area contributed by atoms with E-state index in [-0.39, 0.29) is 0 Å². The van der Waals surface area contributed by atoms with Crippen LogP contribution in [-0.4, -0.2) is 16.8 Å². The summed E-state index contributed by atoms with van der Waals surface area (Å²) in [6.07, 6.45) is 0.700. The zero-order valence-electron chi connectivity index (χ0n) is 30.7. The minimum Gasteiger partial charge on any atom is -0.218 e. The Morgan fingerprint density at radius 2 is 0.574 bits per heavy atom. The number of sulfone groups is 2. The molecule has 0 saturated heterocycles. The smallest absolute Gasteiger partial charge is 0.207 e. The van der Waals surface area contributed by atoms with Gasteiger partial charge in [-0.2, -0.15) is 0 Å². The topological polar surface area (TPSA) is 68.3 Å². The number of hydrogen-bond acceptors (Lipinski definition) is 4. The van der Waals surface area contributed by atoms with Crippen LogP contribution in [0.3, 0.4) is 0 Å². The van der Waals surface area contributed by atoms with Crippen molar-refractivity contribution >= 4 is 19.7 Å². The van der Waals surface area contributed by atoms with Crippen molar-refractivity contribution in [2.24, 2.45) is 23.7 Å². The van der Waals surface area contributed by atoms with Crippen LogP contribution in [0, 0.1) is 23.7 Å². The van der Waals surface area contributed by atoms with Gasteiger partial charge in [0.1, 0.15) is 0 Å². The summed E-state index contributed by atoms with van der Waals surface area (Å²) in [5, 5.41) is 0. The van der Waals surface area contributed by atoms with Gasteiger partial charge in [-0.1, -0.05) is 156 Å². The molecule has 0 N–H and O–H groups in total. The molecule has 4 nitrogen and oxygen atoms in total. The summed E-state index contributed by atoms with van der Waals surface area (Å²) in [5.41, 5.74) is 3.41. The van der Waals surface area contributed by atoms with Crippen LogP contribution in [0.15, 0.2) is 117 Å². The monoisotopic (exact) mass is 678 g/mol. The van der Waals surface area contributed by atoms with Crippen LogP contribution >= 0.6 is 0 Å². The summed E-state index contributed by atoms with van der Waals surface area (Å²) in [7, 11) is -6.57. The average Bonchev–Trinajstić information content (AvgIpc) is 3.19. The Kier molecular flexibility index (Phi) is 17.4. The average molecular weight is 679 g/mol. The molecule has 2 aliphatic rings. The van der Waals surface area contributed by atoms with E-state index in [2.05, 4.69) is 83.1 Å². The molecule has 6 rings (SSSR count). The number of fused-ring (bicyclic) bond motifs is 5. The molecule has 0 aromatic heterocycles. The summed E-state index contributed by atoms with van der Waals surface area (Å²) < 4.78 is 48.7. The lowest BCUT2D eigenvalue weighted by Crippen LogP contribution is -2.14. The number of benzene rings is 4. The van der Waals surface area contributed by atoms with Crippen LogP contribution < -0.4 is 0 Å². The summed E-state index contributed by atoms with van der Waals surface area (Å²) in [5.74, 6) is 3.33. The van der Waals surface area contributed by atoms with E-state index in [4.69, 9.17) is 0 Å². The summed E-state index contributed by atoms with van der Waals surface area (Å²) >= 11 is 0. The molecule has 0 fully saturated rings. The Balaban J connectivity index is 0.000000327. The van der Waals surface area contributed by atoms with Gasteiger partial charge in [-0.05, 0) is 59.1 Å². The fourth-order valence-electron chi connectivity index (χ4n) is 4.11. The predicted octanol–water partition coefficient (Wildman–Crippen LogP) is 11.6. The molecular formula is C41H58O4S2. The summed E-state index contributed by atoms with van der Waals surface area (Å²) in [4.78, 5) is 1.75. The molecule has 6 heteroatoms. The van der Waals surface area contributed by atoms with E-state index in [0.29, 0.717) is 26.0 Å². The van der Waals surface area contributed by atoms with Gasteiger partial charge in [0.15, 0.2) is 0 Å². The first-order chi connectivity index (χ1) is 21.8. The van der Waals surface area contributed by atoms with Crippen LogP contribution in [0.25, 0.3) is 11.1 Å². The maximum atomic E-state index is 12.3. The van der Waals surface area contributed by atoms with Crippen LogP contribution in [0.2, 0.25) is 0 Å². The van der Waals surface area contributed by atoms with Crippen molar-refractivity contribution in [2.45, 2.75) is 109 Å². The van der Waals surface area contributed by atoms with Gasteiger partial charge in [-0.3, -0.25) is 0 Å². The van der Waals surface area contributed by atoms with Crippen LogP contribution in [-0.2, 0) is 26.1 Å². The lowest BCUT2D eigenvalue weighted by Gasteiger charge is -2.19. The van der Waals surface area contributed by atoms with Crippen molar-refractivity contribution in [3.63, 3.8) is 0 Å². The van der Waals surface area contributed by atoms with E-state index in [1.54, 1.807) is 48.5 Å². The summed E-state index contributed by atoms with van der Waals surface area (Å²) in [6, 6.07) is 28.6. The van der Waals surface area contributed by atoms with Crippen molar-refractivity contribution in [3.05, 3.63) is 108 Å². The van der Waals surface area contributed by atoms with E-state index >= 15 is 0 Å². The highest BCUT2D eigenvalue weighted by Crippen LogP contribution is 2.42. The third-order valence-corrected chi connectivity index (χ3v) is 9.37. The second kappa shape index (κ2) is 19.6. The quantitative estimate of drug-likeness (QED) is 0.160. The highest BCUT2D eigenvalue weighted by Gasteiger charge is 2.31. The molecule has 4 aromatic rings. The van der Waals surface area contributed by atoms with Crippen molar-refractivity contribution in [2.75, 3.05) is 0 Å². The fraction of sp³-hybridized carbons (Fsp3) is 0.415. The second-order valence-corrected chi connectivity index (χ2v) is 18.1. The Hall–Kier alpha value is -3.22.